The van der Waals surface area contributed by atoms with Crippen LogP contribution in [0.4, 0.5) is 0 Å². The first kappa shape index (κ1) is 21.0. The number of aliphatic hydroxyl groups is 2. The van der Waals surface area contributed by atoms with Gasteiger partial charge >= 0.3 is 5.97 Å². The molecule has 2 saturated carbocycles. The van der Waals surface area contributed by atoms with Crippen LogP contribution >= 0.6 is 0 Å². The second kappa shape index (κ2) is 10.7. The van der Waals surface area contributed by atoms with Gasteiger partial charge in [0.25, 0.3) is 0 Å². The SMILES string of the molecule is CCCCCCCC(O)C#CC1C(O)CCC2C(=CCCC(=O)O)CC21. The molecule has 0 bridgehead atoms. The molecule has 2 aliphatic rings. The summed E-state index contributed by atoms with van der Waals surface area (Å²) in [5, 5.41) is 29.2. The van der Waals surface area contributed by atoms with Gasteiger partial charge in [-0.3, -0.25) is 4.79 Å². The van der Waals surface area contributed by atoms with E-state index in [0.29, 0.717) is 24.7 Å². The molecule has 0 aromatic heterocycles. The number of carbonyl (C=O) groups is 1. The molecule has 4 heteroatoms. The first-order valence-electron chi connectivity index (χ1n) is 10.3. The molecule has 0 amide bonds. The van der Waals surface area contributed by atoms with Gasteiger partial charge in [-0.2, -0.15) is 0 Å². The lowest BCUT2D eigenvalue weighted by molar-refractivity contribution is -0.136. The Kier molecular flexibility index (Phi) is 8.68. The molecule has 0 aliphatic heterocycles. The van der Waals surface area contributed by atoms with E-state index in [1.165, 1.54) is 24.8 Å². The number of hydrogen-bond donors (Lipinski definition) is 3. The monoisotopic (exact) mass is 362 g/mol. The molecule has 5 unspecified atom stereocenters. The molecule has 2 rings (SSSR count). The Labute approximate surface area is 157 Å². The Hall–Kier alpha value is -1.31. The first-order valence-corrected chi connectivity index (χ1v) is 10.3. The zero-order valence-corrected chi connectivity index (χ0v) is 16.0. The summed E-state index contributed by atoms with van der Waals surface area (Å²) >= 11 is 0. The van der Waals surface area contributed by atoms with Gasteiger partial charge in [0.1, 0.15) is 6.10 Å². The van der Waals surface area contributed by atoms with Crippen LogP contribution in [0.2, 0.25) is 0 Å². The van der Waals surface area contributed by atoms with Crippen molar-refractivity contribution >= 4 is 5.97 Å². The Bertz CT molecular complexity index is 542. The second-order valence-corrected chi connectivity index (χ2v) is 7.86. The molecule has 26 heavy (non-hydrogen) atoms. The molecular formula is C22H34O4. The molecule has 2 aliphatic carbocycles. The van der Waals surface area contributed by atoms with Crippen molar-refractivity contribution in [2.45, 2.75) is 89.8 Å². The van der Waals surface area contributed by atoms with Gasteiger partial charge < -0.3 is 15.3 Å². The summed E-state index contributed by atoms with van der Waals surface area (Å²) in [5.74, 6) is 6.15. The minimum absolute atomic E-state index is 0.0554. The number of carboxylic acids is 1. The average molecular weight is 363 g/mol. The van der Waals surface area contributed by atoms with Crippen LogP contribution in [0.5, 0.6) is 0 Å². The number of aliphatic carboxylic acids is 1. The quantitative estimate of drug-likeness (QED) is 0.330. The third kappa shape index (κ3) is 6.14. The van der Waals surface area contributed by atoms with Crippen molar-refractivity contribution in [1.29, 1.82) is 0 Å². The third-order valence-corrected chi connectivity index (χ3v) is 5.88. The molecule has 0 spiro atoms. The fourth-order valence-corrected chi connectivity index (χ4v) is 4.30. The summed E-state index contributed by atoms with van der Waals surface area (Å²) in [7, 11) is 0. The van der Waals surface area contributed by atoms with Crippen LogP contribution in [-0.4, -0.2) is 33.5 Å². The second-order valence-electron chi connectivity index (χ2n) is 7.86. The zero-order chi connectivity index (χ0) is 18.9. The predicted octanol–water partition coefficient (Wildman–Crippen LogP) is 3.91. The van der Waals surface area contributed by atoms with Gasteiger partial charge in [0.2, 0.25) is 0 Å². The predicted molar refractivity (Wildman–Crippen MR) is 102 cm³/mol. The summed E-state index contributed by atoms with van der Waals surface area (Å²) < 4.78 is 0. The Balaban J connectivity index is 1.81. The molecule has 146 valence electrons. The number of hydrogen-bond acceptors (Lipinski definition) is 3. The van der Waals surface area contributed by atoms with Crippen molar-refractivity contribution < 1.29 is 20.1 Å². The largest absolute Gasteiger partial charge is 0.481 e. The molecule has 0 aromatic rings. The van der Waals surface area contributed by atoms with Crippen molar-refractivity contribution in [3.8, 4) is 11.8 Å². The lowest BCUT2D eigenvalue weighted by Crippen LogP contribution is -2.44. The highest BCUT2D eigenvalue weighted by atomic mass is 16.4. The van der Waals surface area contributed by atoms with E-state index in [0.717, 1.165) is 32.1 Å². The minimum atomic E-state index is -0.760. The van der Waals surface area contributed by atoms with Gasteiger partial charge in [-0.15, -0.1) is 0 Å². The smallest absolute Gasteiger partial charge is 0.303 e. The zero-order valence-electron chi connectivity index (χ0n) is 16.0. The normalized spacial score (nSPS) is 30.0. The van der Waals surface area contributed by atoms with E-state index in [4.69, 9.17) is 5.11 Å². The van der Waals surface area contributed by atoms with Crippen LogP contribution in [0.15, 0.2) is 11.6 Å². The molecule has 0 radical (unpaired) electrons. The van der Waals surface area contributed by atoms with Crippen molar-refractivity contribution in [3.05, 3.63) is 11.6 Å². The number of fused-ring (bicyclic) bond motifs is 1. The fraction of sp³-hybridized carbons (Fsp3) is 0.773. The van der Waals surface area contributed by atoms with E-state index in [9.17, 15) is 15.0 Å². The van der Waals surface area contributed by atoms with Crippen LogP contribution in [0.3, 0.4) is 0 Å². The summed E-state index contributed by atoms with van der Waals surface area (Å²) in [4.78, 5) is 10.6. The van der Waals surface area contributed by atoms with Crippen molar-refractivity contribution in [2.24, 2.45) is 17.8 Å². The number of carboxylic acid groups (broad SMARTS) is 1. The molecule has 0 heterocycles. The van der Waals surface area contributed by atoms with Crippen LogP contribution in [0, 0.1) is 29.6 Å². The van der Waals surface area contributed by atoms with Crippen molar-refractivity contribution in [1.82, 2.24) is 0 Å². The standard InChI is InChI=1S/C22H34O4/c1-2-3-4-5-6-9-17(23)11-12-19-20-15-16(8-7-10-22(25)26)18(20)13-14-21(19)24/h8,17-21,23-24H,2-7,9-10,13-15H2,1H3,(H,25,26). The lowest BCUT2D eigenvalue weighted by Gasteiger charge is -2.48. The maximum atomic E-state index is 10.6. The van der Waals surface area contributed by atoms with Crippen LogP contribution in [-0.2, 0) is 4.79 Å². The lowest BCUT2D eigenvalue weighted by atomic mass is 9.57. The summed E-state index contributed by atoms with van der Waals surface area (Å²) in [6.07, 6.45) is 11.0. The molecule has 0 aromatic carbocycles. The number of allylic oxidation sites excluding steroid dienone is 2. The highest BCUT2D eigenvalue weighted by molar-refractivity contribution is 5.66. The van der Waals surface area contributed by atoms with Crippen LogP contribution < -0.4 is 0 Å². The van der Waals surface area contributed by atoms with Gasteiger partial charge in [-0.1, -0.05) is 56.1 Å². The Morgan fingerprint density at radius 1 is 1.27 bits per heavy atom. The fourth-order valence-electron chi connectivity index (χ4n) is 4.30. The molecule has 0 saturated heterocycles. The van der Waals surface area contributed by atoms with E-state index in [1.807, 2.05) is 0 Å². The summed E-state index contributed by atoms with van der Waals surface area (Å²) in [6, 6.07) is 0. The van der Waals surface area contributed by atoms with E-state index < -0.39 is 18.2 Å². The first-order chi connectivity index (χ1) is 12.5. The maximum absolute atomic E-state index is 10.6. The molecular weight excluding hydrogens is 328 g/mol. The topological polar surface area (TPSA) is 77.8 Å². The van der Waals surface area contributed by atoms with Crippen molar-refractivity contribution in [3.63, 3.8) is 0 Å². The number of aliphatic hydroxyl groups excluding tert-OH is 2. The highest BCUT2D eigenvalue weighted by Crippen LogP contribution is 2.51. The Morgan fingerprint density at radius 2 is 2.04 bits per heavy atom. The van der Waals surface area contributed by atoms with Crippen LogP contribution in [0.1, 0.15) is 77.6 Å². The maximum Gasteiger partial charge on any atom is 0.303 e. The van der Waals surface area contributed by atoms with Gasteiger partial charge in [0.05, 0.1) is 12.0 Å². The van der Waals surface area contributed by atoms with Gasteiger partial charge in [-0.05, 0) is 50.4 Å². The highest BCUT2D eigenvalue weighted by Gasteiger charge is 2.46. The number of unbranched alkanes of at least 4 members (excludes halogenated alkanes) is 4. The van der Waals surface area contributed by atoms with Crippen molar-refractivity contribution in [2.75, 3.05) is 0 Å². The van der Waals surface area contributed by atoms with Crippen LogP contribution in [0.25, 0.3) is 0 Å². The average Bonchev–Trinajstić information content (AvgIpc) is 2.58. The molecule has 5 atom stereocenters. The minimum Gasteiger partial charge on any atom is -0.481 e. The molecule has 2 fully saturated rings. The summed E-state index contributed by atoms with van der Waals surface area (Å²) in [5.41, 5.74) is 1.34. The van der Waals surface area contributed by atoms with Gasteiger partial charge in [0.15, 0.2) is 0 Å². The Morgan fingerprint density at radius 3 is 2.77 bits per heavy atom. The molecule has 4 nitrogen and oxygen atoms in total. The van der Waals surface area contributed by atoms with E-state index in [1.54, 1.807) is 0 Å². The van der Waals surface area contributed by atoms with E-state index >= 15 is 0 Å². The van der Waals surface area contributed by atoms with Gasteiger partial charge in [-0.25, -0.2) is 0 Å². The molecule has 3 N–H and O–H groups in total. The van der Waals surface area contributed by atoms with E-state index in [2.05, 4.69) is 24.8 Å². The summed E-state index contributed by atoms with van der Waals surface area (Å²) in [6.45, 7) is 2.19. The number of rotatable bonds is 9. The van der Waals surface area contributed by atoms with Gasteiger partial charge in [0, 0.05) is 6.42 Å². The van der Waals surface area contributed by atoms with E-state index in [-0.39, 0.29) is 12.3 Å². The third-order valence-electron chi connectivity index (χ3n) is 5.88.